The van der Waals surface area contributed by atoms with Crippen LogP contribution >= 0.6 is 11.5 Å². The number of hydrogen-bond donors (Lipinski definition) is 3. The zero-order valence-corrected chi connectivity index (χ0v) is 21.9. The fraction of sp³-hybridized carbons (Fsp3) is 0.308. The van der Waals surface area contributed by atoms with Gasteiger partial charge in [0.1, 0.15) is 22.5 Å². The van der Waals surface area contributed by atoms with E-state index in [0.29, 0.717) is 23.3 Å². The van der Waals surface area contributed by atoms with E-state index in [0.717, 1.165) is 11.5 Å². The van der Waals surface area contributed by atoms with Gasteiger partial charge in [-0.25, -0.2) is 4.39 Å². The lowest BCUT2D eigenvalue weighted by Gasteiger charge is -2.34. The molecule has 11 heteroatoms. The highest BCUT2D eigenvalue weighted by Crippen LogP contribution is 2.31. The summed E-state index contributed by atoms with van der Waals surface area (Å²) in [5.41, 5.74) is 11.5. The number of anilines is 1. The van der Waals surface area contributed by atoms with Crippen LogP contribution in [0, 0.1) is 5.82 Å². The summed E-state index contributed by atoms with van der Waals surface area (Å²) in [5.74, 6) is -1.89. The van der Waals surface area contributed by atoms with E-state index in [1.54, 1.807) is 24.3 Å². The number of carbonyl (C=O) groups excluding carboxylic acids is 3. The van der Waals surface area contributed by atoms with Crippen LogP contribution in [0.4, 0.5) is 10.1 Å². The second-order valence-corrected chi connectivity index (χ2v) is 9.88. The van der Waals surface area contributed by atoms with E-state index in [-0.39, 0.29) is 22.8 Å². The molecule has 1 atom stereocenters. The number of halogens is 1. The van der Waals surface area contributed by atoms with Crippen LogP contribution in [0.1, 0.15) is 64.5 Å². The molecular formula is C26H30FN5O4S. The number of aromatic nitrogens is 1. The average molecular weight is 528 g/mol. The molecule has 3 rings (SSSR count). The molecule has 9 nitrogen and oxygen atoms in total. The summed E-state index contributed by atoms with van der Waals surface area (Å²) >= 11 is 0.720. The third-order valence-electron chi connectivity index (χ3n) is 5.99. The van der Waals surface area contributed by atoms with Crippen LogP contribution in [-0.4, -0.2) is 39.6 Å². The van der Waals surface area contributed by atoms with Gasteiger partial charge in [0.15, 0.2) is 5.69 Å². The van der Waals surface area contributed by atoms with E-state index in [4.69, 9.17) is 16.2 Å². The molecule has 0 saturated heterocycles. The van der Waals surface area contributed by atoms with Gasteiger partial charge in [0.2, 0.25) is 5.91 Å². The van der Waals surface area contributed by atoms with Crippen molar-refractivity contribution in [1.29, 1.82) is 0 Å². The Labute approximate surface area is 218 Å². The fourth-order valence-corrected chi connectivity index (χ4v) is 4.38. The topological polar surface area (TPSA) is 141 Å². The zero-order valence-electron chi connectivity index (χ0n) is 21.1. The van der Waals surface area contributed by atoms with Gasteiger partial charge in [-0.2, -0.15) is 4.37 Å². The number of primary amides is 1. The number of amides is 3. The molecule has 0 saturated carbocycles. The minimum atomic E-state index is -1.16. The highest BCUT2D eigenvalue weighted by molar-refractivity contribution is 7.09. The molecule has 0 bridgehead atoms. The predicted molar refractivity (Wildman–Crippen MR) is 140 cm³/mol. The third-order valence-corrected chi connectivity index (χ3v) is 6.85. The number of carbonyl (C=O) groups is 3. The predicted octanol–water partition coefficient (Wildman–Crippen LogP) is 3.66. The van der Waals surface area contributed by atoms with E-state index in [1.807, 2.05) is 20.8 Å². The van der Waals surface area contributed by atoms with Crippen molar-refractivity contribution in [1.82, 2.24) is 14.6 Å². The number of hydrogen-bond acceptors (Lipinski definition) is 7. The molecule has 0 radical (unpaired) electrons. The lowest BCUT2D eigenvalue weighted by atomic mass is 9.98. The summed E-state index contributed by atoms with van der Waals surface area (Å²) in [6.07, 6.45) is 0.627. The lowest BCUT2D eigenvalue weighted by Crippen LogP contribution is -2.50. The van der Waals surface area contributed by atoms with Gasteiger partial charge in [-0.1, -0.05) is 31.2 Å². The van der Waals surface area contributed by atoms with Crippen LogP contribution in [-0.2, 0) is 11.3 Å². The maximum atomic E-state index is 14.0. The Morgan fingerprint density at radius 1 is 1.19 bits per heavy atom. The molecule has 3 amide bonds. The summed E-state index contributed by atoms with van der Waals surface area (Å²) in [7, 11) is 1.52. The van der Waals surface area contributed by atoms with Crippen LogP contribution < -0.4 is 21.5 Å². The van der Waals surface area contributed by atoms with Crippen molar-refractivity contribution in [2.75, 3.05) is 12.8 Å². The first kappa shape index (κ1) is 27.6. The van der Waals surface area contributed by atoms with Crippen molar-refractivity contribution in [3.8, 4) is 5.75 Å². The summed E-state index contributed by atoms with van der Waals surface area (Å²) in [4.78, 5) is 40.7. The molecule has 0 unspecified atom stereocenters. The van der Waals surface area contributed by atoms with Crippen LogP contribution in [0.5, 0.6) is 5.75 Å². The quantitative estimate of drug-likeness (QED) is 0.368. The summed E-state index contributed by atoms with van der Waals surface area (Å²) < 4.78 is 23.1. The first-order valence-corrected chi connectivity index (χ1v) is 12.3. The third kappa shape index (κ3) is 6.42. The van der Waals surface area contributed by atoms with Crippen LogP contribution in [0.25, 0.3) is 0 Å². The fourth-order valence-electron chi connectivity index (χ4n) is 3.62. The smallest absolute Gasteiger partial charge is 0.270 e. The van der Waals surface area contributed by atoms with Gasteiger partial charge >= 0.3 is 0 Å². The van der Waals surface area contributed by atoms with Crippen molar-refractivity contribution < 1.29 is 23.5 Å². The monoisotopic (exact) mass is 527 g/mol. The minimum Gasteiger partial charge on any atom is -0.497 e. The van der Waals surface area contributed by atoms with E-state index >= 15 is 0 Å². The summed E-state index contributed by atoms with van der Waals surface area (Å²) in [5, 5.41) is 2.98. The Morgan fingerprint density at radius 2 is 1.86 bits per heavy atom. The maximum absolute atomic E-state index is 14.0. The number of nitrogen functional groups attached to an aromatic ring is 1. The van der Waals surface area contributed by atoms with Crippen molar-refractivity contribution in [2.45, 2.75) is 45.3 Å². The summed E-state index contributed by atoms with van der Waals surface area (Å²) in [6.45, 7) is 5.62. The van der Waals surface area contributed by atoms with Gasteiger partial charge in [-0.15, -0.1) is 0 Å². The molecule has 0 aliphatic rings. The number of nitrogens with one attached hydrogen (secondary N) is 1. The molecule has 3 aromatic rings. The van der Waals surface area contributed by atoms with Crippen molar-refractivity contribution in [3.05, 3.63) is 76.0 Å². The van der Waals surface area contributed by atoms with Crippen LogP contribution in [0.2, 0.25) is 0 Å². The Kier molecular flexibility index (Phi) is 8.49. The summed E-state index contributed by atoms with van der Waals surface area (Å²) in [6, 6.07) is 11.2. The molecule has 0 aliphatic carbocycles. The van der Waals surface area contributed by atoms with Gasteiger partial charge in [-0.05, 0) is 67.2 Å². The number of nitrogens with two attached hydrogens (primary N) is 2. The molecule has 0 aliphatic heterocycles. The molecule has 2 aromatic carbocycles. The van der Waals surface area contributed by atoms with Gasteiger partial charge in [0, 0.05) is 12.1 Å². The molecule has 0 fully saturated rings. The molecular weight excluding hydrogens is 497 g/mol. The number of ether oxygens (including phenoxy) is 1. The zero-order chi connectivity index (χ0) is 27.3. The van der Waals surface area contributed by atoms with Gasteiger partial charge in [0.25, 0.3) is 11.8 Å². The van der Waals surface area contributed by atoms with E-state index in [2.05, 4.69) is 9.69 Å². The van der Waals surface area contributed by atoms with Gasteiger partial charge in [0.05, 0.1) is 12.8 Å². The van der Waals surface area contributed by atoms with Gasteiger partial charge in [-0.3, -0.25) is 14.4 Å². The average Bonchev–Trinajstić information content (AvgIpc) is 3.25. The number of benzene rings is 2. The number of nitrogens with zero attached hydrogens (tertiary/aromatic N) is 2. The second-order valence-electron chi connectivity index (χ2n) is 9.10. The van der Waals surface area contributed by atoms with Crippen LogP contribution in [0.3, 0.4) is 0 Å². The van der Waals surface area contributed by atoms with Crippen molar-refractivity contribution in [2.24, 2.45) is 5.73 Å². The molecule has 0 spiro atoms. The molecule has 1 aromatic heterocycles. The molecule has 1 heterocycles. The molecule has 5 N–H and O–H groups in total. The second kappa shape index (κ2) is 11.4. The highest BCUT2D eigenvalue weighted by atomic mass is 32.1. The van der Waals surface area contributed by atoms with Crippen molar-refractivity contribution in [3.63, 3.8) is 0 Å². The van der Waals surface area contributed by atoms with E-state index in [1.165, 1.54) is 36.3 Å². The van der Waals surface area contributed by atoms with Crippen molar-refractivity contribution >= 4 is 34.9 Å². The molecule has 196 valence electrons. The minimum absolute atomic E-state index is 0.0265. The highest BCUT2D eigenvalue weighted by Gasteiger charge is 2.36. The van der Waals surface area contributed by atoms with E-state index < -0.39 is 35.1 Å². The SMILES string of the molecule is CCC(C)(C)NC(=O)[C@H](c1ccc(F)cc1)N(Cc1cccc(OC)c1)C(=O)c1snc(C(N)=O)c1N. The number of methoxy groups -OCH3 is 1. The molecule has 37 heavy (non-hydrogen) atoms. The van der Waals surface area contributed by atoms with Crippen LogP contribution in [0.15, 0.2) is 48.5 Å². The lowest BCUT2D eigenvalue weighted by molar-refractivity contribution is -0.127. The van der Waals surface area contributed by atoms with E-state index in [9.17, 15) is 18.8 Å². The first-order chi connectivity index (χ1) is 17.5. The maximum Gasteiger partial charge on any atom is 0.270 e. The standard InChI is InChI=1S/C26H30FN5O4S/c1-5-26(2,3)30-24(34)21(16-9-11-17(27)12-10-16)32(14-15-7-6-8-18(13-15)36-4)25(35)22-19(28)20(23(29)33)31-37-22/h6-13,21H,5,14,28H2,1-4H3,(H2,29,33)(H,30,34)/t21-/m0/s1. The van der Waals surface area contributed by atoms with Gasteiger partial charge < -0.3 is 26.4 Å². The Bertz CT molecular complexity index is 1290. The first-order valence-electron chi connectivity index (χ1n) is 11.5. The Morgan fingerprint density at radius 3 is 2.43 bits per heavy atom. The Hall–Kier alpha value is -3.99. The Balaban J connectivity index is 2.17. The number of rotatable bonds is 10. The normalized spacial score (nSPS) is 12.0. The largest absolute Gasteiger partial charge is 0.497 e.